The Morgan fingerprint density at radius 2 is 2.23 bits per heavy atom. The molecule has 6 nitrogen and oxygen atoms in total. The Labute approximate surface area is 154 Å². The molecule has 3 aromatic rings. The number of fused-ring (bicyclic) bond motifs is 1. The van der Waals surface area contributed by atoms with Crippen LogP contribution in [-0.2, 0) is 11.2 Å². The molecule has 1 N–H and O–H groups in total. The summed E-state index contributed by atoms with van der Waals surface area (Å²) in [4.78, 5) is 37.5. The molecule has 7 heteroatoms. The third-order valence-corrected chi connectivity index (χ3v) is 5.88. The van der Waals surface area contributed by atoms with Crippen LogP contribution < -0.4 is 5.56 Å². The number of rotatable bonds is 4. The fourth-order valence-corrected chi connectivity index (χ4v) is 4.42. The van der Waals surface area contributed by atoms with E-state index in [2.05, 4.69) is 21.0 Å². The van der Waals surface area contributed by atoms with Gasteiger partial charge in [0.15, 0.2) is 0 Å². The molecule has 0 saturated carbocycles. The number of hydrogen-bond acceptors (Lipinski definition) is 5. The summed E-state index contributed by atoms with van der Waals surface area (Å²) in [6.07, 6.45) is 4.47. The monoisotopic (exact) mass is 368 g/mol. The van der Waals surface area contributed by atoms with Gasteiger partial charge in [0, 0.05) is 37.9 Å². The minimum Gasteiger partial charge on any atom is -0.342 e. The highest BCUT2D eigenvalue weighted by Gasteiger charge is 2.25. The predicted octanol–water partition coefficient (Wildman–Crippen LogP) is 2.72. The second-order valence-electron chi connectivity index (χ2n) is 6.59. The largest absolute Gasteiger partial charge is 0.342 e. The number of likely N-dealkylation sites (tertiary alicyclic amines) is 1. The number of H-pyrrole nitrogens is 1. The zero-order valence-corrected chi connectivity index (χ0v) is 15.2. The minimum atomic E-state index is -0.144. The summed E-state index contributed by atoms with van der Waals surface area (Å²) < 4.78 is 1.16. The van der Waals surface area contributed by atoms with Crippen LogP contribution in [0.5, 0.6) is 0 Å². The molecule has 1 atom stereocenters. The van der Waals surface area contributed by atoms with E-state index in [0.717, 1.165) is 40.3 Å². The number of nitrogens with one attached hydrogen (secondary N) is 1. The van der Waals surface area contributed by atoms with Gasteiger partial charge in [-0.1, -0.05) is 12.1 Å². The van der Waals surface area contributed by atoms with Crippen molar-refractivity contribution >= 4 is 27.5 Å². The third-order valence-electron chi connectivity index (χ3n) is 4.78. The summed E-state index contributed by atoms with van der Waals surface area (Å²) in [5.74, 6) is 0.288. The molecule has 1 aliphatic heterocycles. The Morgan fingerprint density at radius 1 is 1.35 bits per heavy atom. The lowest BCUT2D eigenvalue weighted by Crippen LogP contribution is -2.39. The average Bonchev–Trinajstić information content (AvgIpc) is 3.09. The topological polar surface area (TPSA) is 79.0 Å². The van der Waals surface area contributed by atoms with Crippen molar-refractivity contribution in [2.45, 2.75) is 31.6 Å². The van der Waals surface area contributed by atoms with Crippen LogP contribution in [0.25, 0.3) is 10.2 Å². The maximum absolute atomic E-state index is 12.6. The molecule has 1 fully saturated rings. The van der Waals surface area contributed by atoms with Crippen molar-refractivity contribution in [3.63, 3.8) is 0 Å². The van der Waals surface area contributed by atoms with E-state index in [-0.39, 0.29) is 17.4 Å². The van der Waals surface area contributed by atoms with Gasteiger partial charge in [-0.05, 0) is 25.0 Å². The molecule has 0 spiro atoms. The molecule has 4 rings (SSSR count). The van der Waals surface area contributed by atoms with Crippen LogP contribution in [0.2, 0.25) is 0 Å². The maximum Gasteiger partial charge on any atom is 0.250 e. The third kappa shape index (κ3) is 3.67. The summed E-state index contributed by atoms with van der Waals surface area (Å²) in [6.45, 7) is 1.41. The van der Waals surface area contributed by atoms with E-state index in [1.165, 1.54) is 6.33 Å². The standard InChI is InChI=1S/C19H20N4O2S/c24-17-10-15(20-12-21-17)13-4-3-9-23(11-13)19(25)8-7-18-22-14-5-1-2-6-16(14)26-18/h1-2,5-6,10,12-13H,3-4,7-9,11H2,(H,20,21,24)/t13-/m0/s1. The molecule has 2 aromatic heterocycles. The van der Waals surface area contributed by atoms with E-state index < -0.39 is 0 Å². The molecular formula is C19H20N4O2S. The molecule has 3 heterocycles. The number of aromatic nitrogens is 3. The lowest BCUT2D eigenvalue weighted by molar-refractivity contribution is -0.132. The van der Waals surface area contributed by atoms with Crippen molar-refractivity contribution in [3.8, 4) is 0 Å². The maximum atomic E-state index is 12.6. The van der Waals surface area contributed by atoms with E-state index in [9.17, 15) is 9.59 Å². The van der Waals surface area contributed by atoms with Crippen molar-refractivity contribution in [2.75, 3.05) is 13.1 Å². The Balaban J connectivity index is 1.38. The van der Waals surface area contributed by atoms with Crippen molar-refractivity contribution in [1.82, 2.24) is 19.9 Å². The number of thiazole rings is 1. The normalized spacial score (nSPS) is 17.5. The SMILES string of the molecule is O=C(CCc1nc2ccccc2s1)N1CCC[C@H](c2cc(=O)[nH]cn2)C1. The van der Waals surface area contributed by atoms with Crippen LogP contribution in [-0.4, -0.2) is 38.8 Å². The molecule has 26 heavy (non-hydrogen) atoms. The van der Waals surface area contributed by atoms with Crippen LogP contribution in [0.1, 0.15) is 35.9 Å². The van der Waals surface area contributed by atoms with Gasteiger partial charge in [0.05, 0.1) is 27.2 Å². The minimum absolute atomic E-state index is 0.137. The van der Waals surface area contributed by atoms with Gasteiger partial charge in [0.25, 0.3) is 5.56 Å². The number of para-hydroxylation sites is 1. The van der Waals surface area contributed by atoms with Crippen LogP contribution in [0.3, 0.4) is 0 Å². The van der Waals surface area contributed by atoms with Crippen molar-refractivity contribution in [3.05, 3.63) is 57.7 Å². The van der Waals surface area contributed by atoms with Gasteiger partial charge in [-0.3, -0.25) is 9.59 Å². The van der Waals surface area contributed by atoms with Gasteiger partial charge >= 0.3 is 0 Å². The predicted molar refractivity (Wildman–Crippen MR) is 101 cm³/mol. The number of carbonyl (C=O) groups is 1. The Morgan fingerprint density at radius 3 is 3.08 bits per heavy atom. The fraction of sp³-hybridized carbons (Fsp3) is 0.368. The molecule has 0 radical (unpaired) electrons. The number of hydrogen-bond donors (Lipinski definition) is 1. The lowest BCUT2D eigenvalue weighted by Gasteiger charge is -2.32. The molecule has 134 valence electrons. The van der Waals surface area contributed by atoms with E-state index in [0.29, 0.717) is 19.4 Å². The Hall–Kier alpha value is -2.54. The average molecular weight is 368 g/mol. The Bertz CT molecular complexity index is 948. The van der Waals surface area contributed by atoms with Gasteiger partial charge in [-0.2, -0.15) is 0 Å². The van der Waals surface area contributed by atoms with Crippen LogP contribution in [0.15, 0.2) is 41.5 Å². The zero-order chi connectivity index (χ0) is 17.9. The van der Waals surface area contributed by atoms with Gasteiger partial charge in [-0.15, -0.1) is 11.3 Å². The molecule has 1 saturated heterocycles. The van der Waals surface area contributed by atoms with Gasteiger partial charge in [0.1, 0.15) is 0 Å². The number of piperidine rings is 1. The van der Waals surface area contributed by atoms with Crippen LogP contribution in [0.4, 0.5) is 0 Å². The number of aromatic amines is 1. The zero-order valence-electron chi connectivity index (χ0n) is 14.4. The molecule has 1 amide bonds. The molecule has 0 bridgehead atoms. The summed E-state index contributed by atoms with van der Waals surface area (Å²) in [5, 5.41) is 1.00. The number of amides is 1. The number of aryl methyl sites for hydroxylation is 1. The number of benzene rings is 1. The highest BCUT2D eigenvalue weighted by Crippen LogP contribution is 2.26. The summed E-state index contributed by atoms with van der Waals surface area (Å²) in [6, 6.07) is 9.59. The lowest BCUT2D eigenvalue weighted by atomic mass is 9.94. The van der Waals surface area contributed by atoms with E-state index in [1.54, 1.807) is 17.4 Å². The van der Waals surface area contributed by atoms with Crippen molar-refractivity contribution in [2.24, 2.45) is 0 Å². The van der Waals surface area contributed by atoms with Crippen molar-refractivity contribution < 1.29 is 4.79 Å². The molecule has 1 aliphatic rings. The quantitative estimate of drug-likeness (QED) is 0.768. The first-order valence-corrected chi connectivity index (χ1v) is 9.67. The molecule has 1 aromatic carbocycles. The number of carbonyl (C=O) groups excluding carboxylic acids is 1. The number of nitrogens with zero attached hydrogens (tertiary/aromatic N) is 3. The molecule has 0 aliphatic carbocycles. The first-order valence-electron chi connectivity index (χ1n) is 8.86. The van der Waals surface area contributed by atoms with Gasteiger partial charge in [-0.25, -0.2) is 9.97 Å². The molecule has 0 unspecified atom stereocenters. The van der Waals surface area contributed by atoms with E-state index in [1.807, 2.05) is 23.1 Å². The van der Waals surface area contributed by atoms with E-state index >= 15 is 0 Å². The summed E-state index contributed by atoms with van der Waals surface area (Å²) in [5.41, 5.74) is 1.63. The van der Waals surface area contributed by atoms with Gasteiger partial charge < -0.3 is 9.88 Å². The smallest absolute Gasteiger partial charge is 0.250 e. The van der Waals surface area contributed by atoms with Crippen LogP contribution >= 0.6 is 11.3 Å². The highest BCUT2D eigenvalue weighted by atomic mass is 32.1. The summed E-state index contributed by atoms with van der Waals surface area (Å²) >= 11 is 1.65. The molecular weight excluding hydrogens is 348 g/mol. The second kappa shape index (κ2) is 7.37. The second-order valence-corrected chi connectivity index (χ2v) is 7.71. The first kappa shape index (κ1) is 16.9. The van der Waals surface area contributed by atoms with Crippen LogP contribution in [0, 0.1) is 0 Å². The first-order chi connectivity index (χ1) is 12.7. The Kier molecular flexibility index (Phi) is 4.79. The van der Waals surface area contributed by atoms with E-state index in [4.69, 9.17) is 0 Å². The fourth-order valence-electron chi connectivity index (χ4n) is 3.45. The summed E-state index contributed by atoms with van der Waals surface area (Å²) in [7, 11) is 0. The highest BCUT2D eigenvalue weighted by molar-refractivity contribution is 7.18. The van der Waals surface area contributed by atoms with Crippen molar-refractivity contribution in [1.29, 1.82) is 0 Å². The van der Waals surface area contributed by atoms with Gasteiger partial charge in [0.2, 0.25) is 5.91 Å².